The van der Waals surface area contributed by atoms with E-state index in [1.54, 1.807) is 11.3 Å². The molecule has 0 aliphatic carbocycles. The van der Waals surface area contributed by atoms with Crippen molar-refractivity contribution in [2.45, 2.75) is 58.9 Å². The Hall–Kier alpha value is -0.870. The smallest absolute Gasteiger partial charge is 0.220 e. The quantitative estimate of drug-likeness (QED) is 0.728. The van der Waals surface area contributed by atoms with Gasteiger partial charge >= 0.3 is 0 Å². The number of thiophene rings is 1. The lowest BCUT2D eigenvalue weighted by Gasteiger charge is -2.16. The molecule has 2 unspecified atom stereocenters. The van der Waals surface area contributed by atoms with Gasteiger partial charge in [-0.05, 0) is 51.3 Å². The highest BCUT2D eigenvalue weighted by Crippen LogP contribution is 2.23. The predicted octanol–water partition coefficient (Wildman–Crippen LogP) is 3.78. The first-order valence-electron chi connectivity index (χ1n) is 7.62. The molecule has 4 heteroatoms. The largest absolute Gasteiger partial charge is 0.349 e. The van der Waals surface area contributed by atoms with E-state index in [2.05, 4.69) is 31.3 Å². The van der Waals surface area contributed by atoms with Gasteiger partial charge in [-0.1, -0.05) is 19.8 Å². The first kappa shape index (κ1) is 17.2. The topological polar surface area (TPSA) is 55.1 Å². The van der Waals surface area contributed by atoms with Crippen molar-refractivity contribution in [1.82, 2.24) is 5.32 Å². The molecule has 3 N–H and O–H groups in total. The van der Waals surface area contributed by atoms with Gasteiger partial charge in [-0.3, -0.25) is 4.79 Å². The van der Waals surface area contributed by atoms with Gasteiger partial charge in [-0.25, -0.2) is 0 Å². The van der Waals surface area contributed by atoms with Gasteiger partial charge in [0.2, 0.25) is 5.91 Å². The highest BCUT2D eigenvalue weighted by atomic mass is 32.1. The van der Waals surface area contributed by atoms with Gasteiger partial charge in [0.15, 0.2) is 0 Å². The highest BCUT2D eigenvalue weighted by molar-refractivity contribution is 7.12. The van der Waals surface area contributed by atoms with E-state index in [9.17, 15) is 4.79 Å². The summed E-state index contributed by atoms with van der Waals surface area (Å²) in [7, 11) is 0. The van der Waals surface area contributed by atoms with E-state index in [1.807, 2.05) is 6.92 Å². The molecule has 0 fully saturated rings. The van der Waals surface area contributed by atoms with Gasteiger partial charge in [-0.15, -0.1) is 11.3 Å². The Bertz CT molecular complexity index is 397. The molecule has 0 bridgehead atoms. The maximum Gasteiger partial charge on any atom is 0.220 e. The molecule has 1 rings (SSSR count). The lowest BCUT2D eigenvalue weighted by molar-refractivity contribution is -0.122. The van der Waals surface area contributed by atoms with Crippen LogP contribution in [0, 0.1) is 12.8 Å². The number of rotatable bonds is 9. The monoisotopic (exact) mass is 296 g/mol. The molecule has 0 saturated carbocycles. The minimum absolute atomic E-state index is 0.111. The number of nitrogens with two attached hydrogens (primary N) is 1. The first-order valence-corrected chi connectivity index (χ1v) is 8.44. The molecule has 0 spiro atoms. The third-order valence-electron chi connectivity index (χ3n) is 3.62. The van der Waals surface area contributed by atoms with E-state index >= 15 is 0 Å². The van der Waals surface area contributed by atoms with Crippen LogP contribution in [0.1, 0.15) is 61.7 Å². The summed E-state index contributed by atoms with van der Waals surface area (Å²) in [5, 5.41) is 3.09. The van der Waals surface area contributed by atoms with E-state index in [-0.39, 0.29) is 11.9 Å². The standard InChI is InChI=1S/C16H28N2OS/c1-4-5-14(10-11-17)7-9-16(19)18-13(3)15-8-6-12(2)20-15/h6,8,13-14H,4-5,7,9-11,17H2,1-3H3,(H,18,19). The van der Waals surface area contributed by atoms with Crippen LogP contribution >= 0.6 is 11.3 Å². The van der Waals surface area contributed by atoms with Crippen LogP contribution in [0.25, 0.3) is 0 Å². The molecule has 0 aliphatic rings. The van der Waals surface area contributed by atoms with Gasteiger partial charge < -0.3 is 11.1 Å². The molecule has 3 nitrogen and oxygen atoms in total. The molecule has 20 heavy (non-hydrogen) atoms. The lowest BCUT2D eigenvalue weighted by atomic mass is 9.94. The van der Waals surface area contributed by atoms with Crippen molar-refractivity contribution in [3.63, 3.8) is 0 Å². The van der Waals surface area contributed by atoms with Crippen LogP contribution in [0.3, 0.4) is 0 Å². The molecule has 0 aromatic carbocycles. The van der Waals surface area contributed by atoms with Crippen molar-refractivity contribution in [3.8, 4) is 0 Å². The number of hydrogen-bond acceptors (Lipinski definition) is 3. The summed E-state index contributed by atoms with van der Waals surface area (Å²) in [4.78, 5) is 14.5. The van der Waals surface area contributed by atoms with Crippen molar-refractivity contribution in [3.05, 3.63) is 21.9 Å². The molecule has 1 aromatic rings. The van der Waals surface area contributed by atoms with Gasteiger partial charge in [0.1, 0.15) is 0 Å². The minimum Gasteiger partial charge on any atom is -0.349 e. The SMILES string of the molecule is CCCC(CCN)CCC(=O)NC(C)c1ccc(C)s1. The van der Waals surface area contributed by atoms with Crippen LogP contribution in [-0.4, -0.2) is 12.5 Å². The summed E-state index contributed by atoms with van der Waals surface area (Å²) in [6.45, 7) is 7.04. The fourth-order valence-corrected chi connectivity index (χ4v) is 3.36. The van der Waals surface area contributed by atoms with E-state index < -0.39 is 0 Å². The Kier molecular flexibility index (Phi) is 7.85. The Labute approximate surface area is 127 Å². The molecule has 0 saturated heterocycles. The van der Waals surface area contributed by atoms with E-state index in [4.69, 9.17) is 5.73 Å². The van der Waals surface area contributed by atoms with Crippen LogP contribution in [-0.2, 0) is 4.79 Å². The first-order chi connectivity index (χ1) is 9.56. The Morgan fingerprint density at radius 1 is 1.35 bits per heavy atom. The number of hydrogen-bond donors (Lipinski definition) is 2. The summed E-state index contributed by atoms with van der Waals surface area (Å²) < 4.78 is 0. The van der Waals surface area contributed by atoms with Gasteiger partial charge in [0, 0.05) is 16.2 Å². The second-order valence-corrected chi connectivity index (χ2v) is 6.83. The zero-order valence-corrected chi connectivity index (χ0v) is 13.8. The van der Waals surface area contributed by atoms with Crippen molar-refractivity contribution in [2.24, 2.45) is 11.7 Å². The van der Waals surface area contributed by atoms with E-state index in [0.717, 1.165) is 25.8 Å². The molecular formula is C16H28N2OS. The molecule has 1 heterocycles. The molecule has 1 amide bonds. The summed E-state index contributed by atoms with van der Waals surface area (Å²) in [6.07, 6.45) is 4.93. The second-order valence-electron chi connectivity index (χ2n) is 5.51. The third-order valence-corrected chi connectivity index (χ3v) is 4.80. The summed E-state index contributed by atoms with van der Waals surface area (Å²) >= 11 is 1.75. The number of carbonyl (C=O) groups is 1. The Morgan fingerprint density at radius 3 is 2.65 bits per heavy atom. The summed E-state index contributed by atoms with van der Waals surface area (Å²) in [6, 6.07) is 4.31. The van der Waals surface area contributed by atoms with Crippen LogP contribution < -0.4 is 11.1 Å². The van der Waals surface area contributed by atoms with Gasteiger partial charge in [-0.2, -0.15) is 0 Å². The zero-order valence-electron chi connectivity index (χ0n) is 12.9. The number of aryl methyl sites for hydroxylation is 1. The molecule has 0 aliphatic heterocycles. The van der Waals surface area contributed by atoms with Crippen molar-refractivity contribution in [2.75, 3.05) is 6.54 Å². The molecule has 0 radical (unpaired) electrons. The van der Waals surface area contributed by atoms with Crippen molar-refractivity contribution < 1.29 is 4.79 Å². The van der Waals surface area contributed by atoms with E-state index in [0.29, 0.717) is 12.3 Å². The van der Waals surface area contributed by atoms with Crippen LogP contribution in [0.2, 0.25) is 0 Å². The number of carbonyl (C=O) groups excluding carboxylic acids is 1. The van der Waals surface area contributed by atoms with Crippen LogP contribution in [0.15, 0.2) is 12.1 Å². The fraction of sp³-hybridized carbons (Fsp3) is 0.688. The van der Waals surface area contributed by atoms with Crippen LogP contribution in [0.5, 0.6) is 0 Å². The van der Waals surface area contributed by atoms with Crippen molar-refractivity contribution >= 4 is 17.2 Å². The lowest BCUT2D eigenvalue weighted by Crippen LogP contribution is -2.26. The Balaban J connectivity index is 2.35. The summed E-state index contributed by atoms with van der Waals surface area (Å²) in [5.41, 5.74) is 5.63. The predicted molar refractivity (Wildman–Crippen MR) is 86.9 cm³/mol. The average molecular weight is 296 g/mol. The normalized spacial score (nSPS) is 14.0. The van der Waals surface area contributed by atoms with Gasteiger partial charge in [0.05, 0.1) is 6.04 Å². The molecule has 1 aromatic heterocycles. The number of amides is 1. The third kappa shape index (κ3) is 6.06. The maximum atomic E-state index is 12.0. The molecule has 114 valence electrons. The van der Waals surface area contributed by atoms with Crippen molar-refractivity contribution in [1.29, 1.82) is 0 Å². The molecule has 2 atom stereocenters. The highest BCUT2D eigenvalue weighted by Gasteiger charge is 2.13. The fourth-order valence-electron chi connectivity index (χ4n) is 2.48. The van der Waals surface area contributed by atoms with Gasteiger partial charge in [0.25, 0.3) is 0 Å². The Morgan fingerprint density at radius 2 is 2.10 bits per heavy atom. The summed E-state index contributed by atoms with van der Waals surface area (Å²) in [5.74, 6) is 0.747. The van der Waals surface area contributed by atoms with E-state index in [1.165, 1.54) is 16.2 Å². The van der Waals surface area contributed by atoms with Crippen LogP contribution in [0.4, 0.5) is 0 Å². The zero-order chi connectivity index (χ0) is 15.0. The average Bonchev–Trinajstić information content (AvgIpc) is 2.83. The maximum absolute atomic E-state index is 12.0. The second kappa shape index (κ2) is 9.14. The number of nitrogens with one attached hydrogen (secondary N) is 1. The minimum atomic E-state index is 0.111. The molecular weight excluding hydrogens is 268 g/mol.